The Kier molecular flexibility index (Phi) is 7.77. The molecule has 0 saturated carbocycles. The normalized spacial score (nSPS) is 16.0. The highest BCUT2D eigenvalue weighted by atomic mass is 32.2. The molecular formula is C19H27N3O7S. The first-order valence-electron chi connectivity index (χ1n) is 9.79. The number of hydrogen-bond donors (Lipinski definition) is 0. The zero-order chi connectivity index (χ0) is 22.5. The van der Waals surface area contributed by atoms with Crippen molar-refractivity contribution in [2.75, 3.05) is 30.3 Å². The molecule has 1 heterocycles. The van der Waals surface area contributed by atoms with Crippen LogP contribution >= 0.6 is 0 Å². The predicted molar refractivity (Wildman–Crippen MR) is 110 cm³/mol. The molecule has 10 nitrogen and oxygen atoms in total. The van der Waals surface area contributed by atoms with E-state index in [1.807, 2.05) is 0 Å². The fourth-order valence-corrected chi connectivity index (χ4v) is 4.79. The largest absolute Gasteiger partial charge is 0.466 e. The van der Waals surface area contributed by atoms with Crippen LogP contribution in [0.15, 0.2) is 24.3 Å². The second kappa shape index (κ2) is 9.88. The van der Waals surface area contributed by atoms with E-state index in [9.17, 15) is 28.1 Å². The van der Waals surface area contributed by atoms with Crippen molar-refractivity contribution in [3.05, 3.63) is 34.4 Å². The Balaban J connectivity index is 2.26. The number of nitrogens with zero attached hydrogens (tertiary/aromatic N) is 3. The van der Waals surface area contributed by atoms with Crippen LogP contribution in [0.25, 0.3) is 0 Å². The van der Waals surface area contributed by atoms with Crippen molar-refractivity contribution in [2.45, 2.75) is 39.2 Å². The maximum atomic E-state index is 13.2. The lowest BCUT2D eigenvalue weighted by Crippen LogP contribution is -2.52. The van der Waals surface area contributed by atoms with E-state index in [1.54, 1.807) is 18.7 Å². The number of rotatable bonds is 8. The number of anilines is 1. The zero-order valence-corrected chi connectivity index (χ0v) is 18.1. The van der Waals surface area contributed by atoms with Gasteiger partial charge in [0.15, 0.2) is 0 Å². The first-order valence-corrected chi connectivity index (χ1v) is 11.6. The van der Waals surface area contributed by atoms with Gasteiger partial charge in [-0.1, -0.05) is 13.0 Å². The van der Waals surface area contributed by atoms with Crippen molar-refractivity contribution >= 4 is 33.3 Å². The van der Waals surface area contributed by atoms with Crippen LogP contribution in [0.2, 0.25) is 0 Å². The van der Waals surface area contributed by atoms with Gasteiger partial charge < -0.3 is 9.64 Å². The summed E-state index contributed by atoms with van der Waals surface area (Å²) < 4.78 is 31.1. The number of piperidine rings is 1. The molecule has 0 bridgehead atoms. The molecule has 0 unspecified atom stereocenters. The fraction of sp³-hybridized carbons (Fsp3) is 0.579. The molecule has 1 atom stereocenters. The molecule has 0 aliphatic carbocycles. The Labute approximate surface area is 176 Å². The van der Waals surface area contributed by atoms with Crippen LogP contribution in [0.5, 0.6) is 0 Å². The molecule has 1 saturated heterocycles. The summed E-state index contributed by atoms with van der Waals surface area (Å²) >= 11 is 0. The summed E-state index contributed by atoms with van der Waals surface area (Å²) in [5, 5.41) is 11.1. The lowest BCUT2D eigenvalue weighted by atomic mass is 9.96. The van der Waals surface area contributed by atoms with Crippen LogP contribution in [0.4, 0.5) is 11.4 Å². The summed E-state index contributed by atoms with van der Waals surface area (Å²) in [7, 11) is -3.90. The summed E-state index contributed by atoms with van der Waals surface area (Å²) in [5.41, 5.74) is -0.202. The SMILES string of the molecule is CCOC(=O)C1CCN(C(=O)[C@H](CC)N(c2cccc([N+](=O)[O-])c2)S(C)(=O)=O)CC1. The minimum atomic E-state index is -3.90. The maximum absolute atomic E-state index is 13.2. The highest BCUT2D eigenvalue weighted by Crippen LogP contribution is 2.28. The smallest absolute Gasteiger partial charge is 0.309 e. The van der Waals surface area contributed by atoms with E-state index < -0.39 is 26.9 Å². The van der Waals surface area contributed by atoms with E-state index in [2.05, 4.69) is 0 Å². The van der Waals surface area contributed by atoms with Crippen LogP contribution in [0, 0.1) is 16.0 Å². The van der Waals surface area contributed by atoms with E-state index in [0.29, 0.717) is 32.5 Å². The number of non-ortho nitro benzene ring substituents is 1. The van der Waals surface area contributed by atoms with E-state index in [1.165, 1.54) is 18.2 Å². The van der Waals surface area contributed by atoms with Crippen LogP contribution in [-0.2, 0) is 24.3 Å². The molecule has 0 radical (unpaired) electrons. The quantitative estimate of drug-likeness (QED) is 0.343. The van der Waals surface area contributed by atoms with E-state index >= 15 is 0 Å². The summed E-state index contributed by atoms with van der Waals surface area (Å²) in [4.78, 5) is 37.1. The van der Waals surface area contributed by atoms with Crippen molar-refractivity contribution in [1.29, 1.82) is 0 Å². The Bertz CT molecular complexity index is 895. The van der Waals surface area contributed by atoms with Gasteiger partial charge in [-0.2, -0.15) is 0 Å². The summed E-state index contributed by atoms with van der Waals surface area (Å²) in [6.07, 6.45) is 2.04. The van der Waals surface area contributed by atoms with Gasteiger partial charge in [0.2, 0.25) is 15.9 Å². The number of likely N-dealkylation sites (tertiary alicyclic amines) is 1. The first kappa shape index (κ1) is 23.6. The van der Waals surface area contributed by atoms with E-state index in [-0.39, 0.29) is 29.7 Å². The molecule has 30 heavy (non-hydrogen) atoms. The van der Waals surface area contributed by atoms with Gasteiger partial charge in [-0.05, 0) is 32.3 Å². The van der Waals surface area contributed by atoms with E-state index in [0.717, 1.165) is 16.6 Å². The second-order valence-corrected chi connectivity index (χ2v) is 8.97. The number of amides is 1. The number of ether oxygens (including phenoxy) is 1. The molecule has 0 N–H and O–H groups in total. The van der Waals surface area contributed by atoms with Crippen LogP contribution in [-0.4, -0.2) is 62.1 Å². The number of nitro benzene ring substituents is 1. The van der Waals surface area contributed by atoms with Crippen molar-refractivity contribution in [2.24, 2.45) is 5.92 Å². The summed E-state index contributed by atoms with van der Waals surface area (Å²) in [6.45, 7) is 4.33. The van der Waals surface area contributed by atoms with Gasteiger partial charge in [0.1, 0.15) is 6.04 Å². The van der Waals surface area contributed by atoms with E-state index in [4.69, 9.17) is 4.74 Å². The number of nitro groups is 1. The molecule has 0 aromatic heterocycles. The monoisotopic (exact) mass is 441 g/mol. The number of benzene rings is 1. The molecule has 1 fully saturated rings. The molecule has 166 valence electrons. The third kappa shape index (κ3) is 5.47. The lowest BCUT2D eigenvalue weighted by Gasteiger charge is -2.37. The Hall–Kier alpha value is -2.69. The molecule has 0 spiro atoms. The maximum Gasteiger partial charge on any atom is 0.309 e. The highest BCUT2D eigenvalue weighted by Gasteiger charge is 2.37. The molecule has 1 aromatic rings. The fourth-order valence-electron chi connectivity index (χ4n) is 3.59. The minimum Gasteiger partial charge on any atom is -0.466 e. The second-order valence-electron chi connectivity index (χ2n) is 7.11. The molecule has 1 aliphatic rings. The predicted octanol–water partition coefficient (Wildman–Crippen LogP) is 1.94. The van der Waals surface area contributed by atoms with Crippen molar-refractivity contribution in [1.82, 2.24) is 4.90 Å². The number of hydrogen-bond acceptors (Lipinski definition) is 7. The average Bonchev–Trinajstić information content (AvgIpc) is 2.70. The van der Waals surface area contributed by atoms with Gasteiger partial charge >= 0.3 is 5.97 Å². The number of carbonyl (C=O) groups excluding carboxylic acids is 2. The van der Waals surface area contributed by atoms with Crippen LogP contribution in [0.1, 0.15) is 33.1 Å². The molecule has 1 amide bonds. The van der Waals surface area contributed by atoms with Gasteiger partial charge in [0.05, 0.1) is 29.4 Å². The Morgan fingerprint density at radius 2 is 1.93 bits per heavy atom. The van der Waals surface area contributed by atoms with Crippen LogP contribution < -0.4 is 4.31 Å². The van der Waals surface area contributed by atoms with Gasteiger partial charge in [-0.25, -0.2) is 8.42 Å². The third-order valence-corrected chi connectivity index (χ3v) is 6.21. The van der Waals surface area contributed by atoms with Gasteiger partial charge in [-0.15, -0.1) is 0 Å². The summed E-state index contributed by atoms with van der Waals surface area (Å²) in [6, 6.07) is 4.17. The molecule has 2 rings (SSSR count). The van der Waals surface area contributed by atoms with Crippen LogP contribution in [0.3, 0.4) is 0 Å². The average molecular weight is 442 g/mol. The van der Waals surface area contributed by atoms with Crippen molar-refractivity contribution < 1.29 is 27.7 Å². The summed E-state index contributed by atoms with van der Waals surface area (Å²) in [5.74, 6) is -0.959. The Morgan fingerprint density at radius 3 is 2.43 bits per heavy atom. The first-order chi connectivity index (χ1) is 14.1. The van der Waals surface area contributed by atoms with Gasteiger partial charge in [0, 0.05) is 25.2 Å². The number of esters is 1. The van der Waals surface area contributed by atoms with Gasteiger partial charge in [-0.3, -0.25) is 24.0 Å². The Morgan fingerprint density at radius 1 is 1.30 bits per heavy atom. The standard InChI is InChI=1S/C19H27N3O7S/c1-4-17(18(23)20-11-9-14(10-12-20)19(24)29-5-2)21(30(3,27)28)15-7-6-8-16(13-15)22(25)26/h6-8,13-14,17H,4-5,9-12H2,1-3H3/t17-/m0/s1. The topological polar surface area (TPSA) is 127 Å². The number of carbonyl (C=O) groups is 2. The minimum absolute atomic E-state index is 0.0632. The number of sulfonamides is 1. The molecule has 11 heteroatoms. The zero-order valence-electron chi connectivity index (χ0n) is 17.3. The molecular weight excluding hydrogens is 414 g/mol. The molecule has 1 aliphatic heterocycles. The molecule has 1 aromatic carbocycles. The highest BCUT2D eigenvalue weighted by molar-refractivity contribution is 7.92. The lowest BCUT2D eigenvalue weighted by molar-refractivity contribution is -0.384. The van der Waals surface area contributed by atoms with Crippen molar-refractivity contribution in [3.8, 4) is 0 Å². The van der Waals surface area contributed by atoms with Gasteiger partial charge in [0.25, 0.3) is 5.69 Å². The van der Waals surface area contributed by atoms with Crippen molar-refractivity contribution in [3.63, 3.8) is 0 Å². The third-order valence-electron chi connectivity index (χ3n) is 5.03.